The van der Waals surface area contributed by atoms with E-state index < -0.39 is 0 Å². The molecule has 0 atom stereocenters. The van der Waals surface area contributed by atoms with Gasteiger partial charge in [0.15, 0.2) is 23.0 Å². The van der Waals surface area contributed by atoms with Crippen LogP contribution in [0.2, 0.25) is 0 Å². The van der Waals surface area contributed by atoms with Gasteiger partial charge in [0.05, 0.1) is 18.7 Å². The number of benzene rings is 2. The molecule has 27 heavy (non-hydrogen) atoms. The minimum absolute atomic E-state index is 0.00287. The van der Waals surface area contributed by atoms with Crippen LogP contribution in [0.1, 0.15) is 48.4 Å². The first-order valence-electron chi connectivity index (χ1n) is 8.30. The van der Waals surface area contributed by atoms with Crippen LogP contribution in [0.5, 0.6) is 23.0 Å². The summed E-state index contributed by atoms with van der Waals surface area (Å²) in [6.45, 7) is 8.00. The first kappa shape index (κ1) is 26.7. The second-order valence-corrected chi connectivity index (χ2v) is 5.07. The smallest absolute Gasteiger partial charge is 0.172 e. The molecule has 0 aliphatic rings. The van der Waals surface area contributed by atoms with E-state index in [1.165, 1.54) is 44.6 Å². The lowest BCUT2D eigenvalue weighted by Gasteiger charge is -2.04. The number of ether oxygens (including phenoxy) is 2. The molecule has 2 N–H and O–H groups in total. The first-order chi connectivity index (χ1) is 13.0. The van der Waals surface area contributed by atoms with Crippen molar-refractivity contribution in [2.75, 3.05) is 14.2 Å². The number of carbonyl (C=O) groups excluding carboxylic acids is 2. The van der Waals surface area contributed by atoms with Crippen molar-refractivity contribution in [3.05, 3.63) is 45.9 Å². The quantitative estimate of drug-likeness (QED) is 0.628. The maximum absolute atomic E-state index is 10.4. The number of methoxy groups -OCH3 is 2. The first-order valence-corrected chi connectivity index (χ1v) is 9.10. The molecule has 0 aliphatic carbocycles. The summed E-state index contributed by atoms with van der Waals surface area (Å²) in [7, 11) is 2.86. The van der Waals surface area contributed by atoms with Crippen LogP contribution in [0, 0.1) is 0 Å². The molecule has 2 aromatic rings. The molecule has 0 bridgehead atoms. The summed E-state index contributed by atoms with van der Waals surface area (Å²) in [5.74, 6) is 0.641. The van der Waals surface area contributed by atoms with Crippen molar-refractivity contribution < 1.29 is 29.3 Å². The number of aromatic hydroxyl groups is 2. The van der Waals surface area contributed by atoms with Gasteiger partial charge < -0.3 is 19.7 Å². The number of rotatable bonds is 4. The van der Waals surface area contributed by atoms with E-state index >= 15 is 0 Å². The third kappa shape index (κ3) is 9.10. The molecular formula is C20H27BrO6. The highest BCUT2D eigenvalue weighted by molar-refractivity contribution is 9.10. The molecule has 2 rings (SSSR count). The number of aldehydes is 2. The van der Waals surface area contributed by atoms with E-state index in [1.807, 2.05) is 27.7 Å². The number of phenols is 2. The summed E-state index contributed by atoms with van der Waals surface area (Å²) >= 11 is 3.09. The Kier molecular flexibility index (Phi) is 15.5. The predicted molar refractivity (Wildman–Crippen MR) is 110 cm³/mol. The molecule has 0 aromatic heterocycles. The molecule has 0 amide bonds. The van der Waals surface area contributed by atoms with Gasteiger partial charge in [-0.25, -0.2) is 0 Å². The molecule has 0 fully saturated rings. The van der Waals surface area contributed by atoms with Crippen molar-refractivity contribution in [2.24, 2.45) is 0 Å². The number of carbonyl (C=O) groups is 2. The Morgan fingerprint density at radius 2 is 1.30 bits per heavy atom. The second kappa shape index (κ2) is 15.7. The molecule has 0 aliphatic heterocycles. The normalized spacial score (nSPS) is 8.41. The van der Waals surface area contributed by atoms with E-state index in [-0.39, 0.29) is 17.2 Å². The molecule has 7 heteroatoms. The van der Waals surface area contributed by atoms with Gasteiger partial charge in [0, 0.05) is 11.1 Å². The van der Waals surface area contributed by atoms with Crippen molar-refractivity contribution >= 4 is 28.5 Å². The van der Waals surface area contributed by atoms with Gasteiger partial charge in [-0.1, -0.05) is 27.7 Å². The Bertz CT molecular complexity index is 701. The minimum atomic E-state index is 0.00287. The standard InChI is InChI=1S/C8H7BrO3.C8H8O3.2C2H6/c1-12-7-3-5(4-10)2-6(9)8(7)11;1-11-8-4-6(5-9)2-3-7(8)10;2*1-2/h2-4,11H,1H3;2-5,10H,1H3;2*1-2H3. The van der Waals surface area contributed by atoms with Crippen molar-refractivity contribution in [3.63, 3.8) is 0 Å². The topological polar surface area (TPSA) is 93.1 Å². The average Bonchev–Trinajstić information content (AvgIpc) is 2.73. The lowest BCUT2D eigenvalue weighted by molar-refractivity contribution is 0.111. The molecule has 0 saturated carbocycles. The summed E-state index contributed by atoms with van der Waals surface area (Å²) in [6.07, 6.45) is 1.38. The molecule has 0 radical (unpaired) electrons. The summed E-state index contributed by atoms with van der Waals surface area (Å²) in [5.41, 5.74) is 0.941. The maximum Gasteiger partial charge on any atom is 0.172 e. The zero-order valence-corrected chi connectivity index (χ0v) is 18.0. The van der Waals surface area contributed by atoms with Crippen molar-refractivity contribution in [3.8, 4) is 23.0 Å². The monoisotopic (exact) mass is 442 g/mol. The Hall–Kier alpha value is -2.54. The molecule has 0 unspecified atom stereocenters. The number of phenolic OH excluding ortho intramolecular Hbond substituents is 2. The Labute approximate surface area is 168 Å². The fourth-order valence-corrected chi connectivity index (χ4v) is 2.04. The van der Waals surface area contributed by atoms with Crippen LogP contribution in [-0.4, -0.2) is 37.0 Å². The van der Waals surface area contributed by atoms with Gasteiger partial charge in [-0.15, -0.1) is 0 Å². The molecule has 0 heterocycles. The fourth-order valence-electron chi connectivity index (χ4n) is 1.58. The number of halogens is 1. The Morgan fingerprint density at radius 1 is 0.815 bits per heavy atom. The third-order valence-corrected chi connectivity index (χ3v) is 3.35. The van der Waals surface area contributed by atoms with Gasteiger partial charge in [-0.05, 0) is 46.3 Å². The van der Waals surface area contributed by atoms with E-state index in [2.05, 4.69) is 15.9 Å². The van der Waals surface area contributed by atoms with Crippen molar-refractivity contribution in [2.45, 2.75) is 27.7 Å². The van der Waals surface area contributed by atoms with Crippen molar-refractivity contribution in [1.82, 2.24) is 0 Å². The van der Waals surface area contributed by atoms with Crippen LogP contribution in [0.3, 0.4) is 0 Å². The van der Waals surface area contributed by atoms with E-state index in [0.29, 0.717) is 33.9 Å². The Morgan fingerprint density at radius 3 is 1.74 bits per heavy atom. The molecular weight excluding hydrogens is 416 g/mol. The van der Waals surface area contributed by atoms with Crippen LogP contribution in [-0.2, 0) is 0 Å². The lowest BCUT2D eigenvalue weighted by atomic mass is 10.2. The van der Waals surface area contributed by atoms with Gasteiger partial charge in [-0.2, -0.15) is 0 Å². The van der Waals surface area contributed by atoms with Crippen molar-refractivity contribution in [1.29, 1.82) is 0 Å². The lowest BCUT2D eigenvalue weighted by Crippen LogP contribution is -1.87. The molecule has 0 saturated heterocycles. The van der Waals surface area contributed by atoms with Gasteiger partial charge in [-0.3, -0.25) is 9.59 Å². The fraction of sp³-hybridized carbons (Fsp3) is 0.300. The molecule has 6 nitrogen and oxygen atoms in total. The highest BCUT2D eigenvalue weighted by Gasteiger charge is 2.07. The summed E-state index contributed by atoms with van der Waals surface area (Å²) in [4.78, 5) is 20.6. The zero-order chi connectivity index (χ0) is 21.4. The third-order valence-electron chi connectivity index (χ3n) is 2.75. The number of hydrogen-bond donors (Lipinski definition) is 2. The Balaban J connectivity index is 0. The van der Waals surface area contributed by atoms with Crippen LogP contribution in [0.25, 0.3) is 0 Å². The van der Waals surface area contributed by atoms with Crippen LogP contribution in [0.4, 0.5) is 0 Å². The van der Waals surface area contributed by atoms with E-state index in [9.17, 15) is 14.7 Å². The highest BCUT2D eigenvalue weighted by atomic mass is 79.9. The van der Waals surface area contributed by atoms with Gasteiger partial charge >= 0.3 is 0 Å². The summed E-state index contributed by atoms with van der Waals surface area (Å²) in [6, 6.07) is 7.40. The van der Waals surface area contributed by atoms with Crippen LogP contribution >= 0.6 is 15.9 Å². The summed E-state index contributed by atoms with van der Waals surface area (Å²) < 4.78 is 10.1. The van der Waals surface area contributed by atoms with Gasteiger partial charge in [0.2, 0.25) is 0 Å². The second-order valence-electron chi connectivity index (χ2n) is 4.22. The average molecular weight is 443 g/mol. The van der Waals surface area contributed by atoms with Gasteiger partial charge in [0.25, 0.3) is 0 Å². The van der Waals surface area contributed by atoms with Crippen LogP contribution in [0.15, 0.2) is 34.8 Å². The largest absolute Gasteiger partial charge is 0.504 e. The van der Waals surface area contributed by atoms with Gasteiger partial charge in [0.1, 0.15) is 12.6 Å². The molecule has 150 valence electrons. The van der Waals surface area contributed by atoms with E-state index in [4.69, 9.17) is 14.6 Å². The van der Waals surface area contributed by atoms with Crippen LogP contribution < -0.4 is 9.47 Å². The van der Waals surface area contributed by atoms with E-state index in [1.54, 1.807) is 0 Å². The molecule has 2 aromatic carbocycles. The number of hydrogen-bond acceptors (Lipinski definition) is 6. The molecule has 0 spiro atoms. The predicted octanol–water partition coefficient (Wildman–Crippen LogP) is 5.24. The minimum Gasteiger partial charge on any atom is -0.504 e. The summed E-state index contributed by atoms with van der Waals surface area (Å²) in [5, 5.41) is 18.4. The highest BCUT2D eigenvalue weighted by Crippen LogP contribution is 2.34. The maximum atomic E-state index is 10.4. The van der Waals surface area contributed by atoms with E-state index in [0.717, 1.165) is 0 Å². The zero-order valence-electron chi connectivity index (χ0n) is 16.4. The SMILES string of the molecule is CC.CC.COc1cc(C=O)cc(Br)c1O.COc1cc(C=O)ccc1O.